The van der Waals surface area contributed by atoms with Crippen molar-refractivity contribution in [1.82, 2.24) is 0 Å². The summed E-state index contributed by atoms with van der Waals surface area (Å²) in [6.07, 6.45) is 4.59. The molecular formula is C46H33NOS. The van der Waals surface area contributed by atoms with Crippen LogP contribution in [0.5, 0.6) is 0 Å². The van der Waals surface area contributed by atoms with E-state index in [4.69, 9.17) is 4.42 Å². The van der Waals surface area contributed by atoms with Crippen molar-refractivity contribution in [2.24, 2.45) is 0 Å². The van der Waals surface area contributed by atoms with Crippen LogP contribution in [-0.4, -0.2) is 0 Å². The van der Waals surface area contributed by atoms with Crippen molar-refractivity contribution in [2.75, 3.05) is 4.90 Å². The largest absolute Gasteiger partial charge is 0.461 e. The van der Waals surface area contributed by atoms with Crippen LogP contribution < -0.4 is 4.90 Å². The lowest BCUT2D eigenvalue weighted by molar-refractivity contribution is 0.506. The summed E-state index contributed by atoms with van der Waals surface area (Å²) in [5, 5.41) is 6.48. The fourth-order valence-electron chi connectivity index (χ4n) is 7.89. The van der Waals surface area contributed by atoms with Crippen molar-refractivity contribution in [2.45, 2.75) is 25.7 Å². The van der Waals surface area contributed by atoms with Crippen molar-refractivity contribution in [3.05, 3.63) is 163 Å². The van der Waals surface area contributed by atoms with Gasteiger partial charge in [-0.15, -0.1) is 11.3 Å². The van der Waals surface area contributed by atoms with Crippen molar-refractivity contribution in [1.29, 1.82) is 0 Å². The number of hydrogen-bond donors (Lipinski definition) is 0. The van der Waals surface area contributed by atoms with Crippen molar-refractivity contribution < 1.29 is 4.42 Å². The van der Waals surface area contributed by atoms with Gasteiger partial charge in [0.1, 0.15) is 11.3 Å². The van der Waals surface area contributed by atoms with E-state index in [1.165, 1.54) is 82.8 Å². The molecule has 0 fully saturated rings. The van der Waals surface area contributed by atoms with Crippen LogP contribution in [0.4, 0.5) is 17.1 Å². The molecule has 2 heterocycles. The Hall–Kier alpha value is -5.64. The third-order valence-corrected chi connectivity index (χ3v) is 11.4. The standard InChI is InChI=1S/C46H33NOS/c1-2-10-30(11-3-1)31-18-22-33(23-19-31)47(35-26-27-45-41(28-35)37-13-7-9-17-44(37)49-45)34-24-20-32(21-25-34)40-29-43-46(38-14-5-4-12-36(38)40)39-15-6-8-16-42(39)48-43/h1-5,7,9-14,17-29H,6,8,15-16H2. The summed E-state index contributed by atoms with van der Waals surface area (Å²) in [6.45, 7) is 0. The molecule has 0 atom stereocenters. The molecule has 1 aliphatic rings. The first kappa shape index (κ1) is 28.4. The molecule has 0 spiro atoms. The second-order valence-corrected chi connectivity index (χ2v) is 14.2. The summed E-state index contributed by atoms with van der Waals surface area (Å²) in [5.41, 5.74) is 10.7. The molecule has 0 unspecified atom stereocenters. The molecule has 0 saturated heterocycles. The van der Waals surface area contributed by atoms with E-state index in [2.05, 4.69) is 157 Å². The summed E-state index contributed by atoms with van der Waals surface area (Å²) in [7, 11) is 0. The highest BCUT2D eigenvalue weighted by Gasteiger charge is 2.22. The molecule has 9 aromatic rings. The summed E-state index contributed by atoms with van der Waals surface area (Å²) in [5.74, 6) is 1.18. The Bertz CT molecular complexity index is 2650. The molecule has 0 N–H and O–H groups in total. The van der Waals surface area contributed by atoms with Crippen LogP contribution in [0.15, 0.2) is 156 Å². The minimum Gasteiger partial charge on any atom is -0.461 e. The van der Waals surface area contributed by atoms with Crippen LogP contribution >= 0.6 is 11.3 Å². The molecular weight excluding hydrogens is 615 g/mol. The first-order valence-corrected chi connectivity index (χ1v) is 18.0. The smallest absolute Gasteiger partial charge is 0.135 e. The SMILES string of the molecule is c1ccc(-c2ccc(N(c3ccc(-c4cc5oc6c(c5c5ccccc45)CCCC6)cc3)c3ccc4sc5ccccc5c4c3)cc2)cc1. The van der Waals surface area contributed by atoms with E-state index in [9.17, 15) is 0 Å². The van der Waals surface area contributed by atoms with Gasteiger partial charge in [0.05, 0.1) is 0 Å². The highest BCUT2D eigenvalue weighted by molar-refractivity contribution is 7.25. The molecule has 7 aromatic carbocycles. The van der Waals surface area contributed by atoms with Gasteiger partial charge in [-0.05, 0) is 107 Å². The molecule has 1 aliphatic carbocycles. The van der Waals surface area contributed by atoms with E-state index in [0.717, 1.165) is 35.5 Å². The average molecular weight is 648 g/mol. The van der Waals surface area contributed by atoms with Gasteiger partial charge in [0.25, 0.3) is 0 Å². The third kappa shape index (κ3) is 4.76. The Morgan fingerprint density at radius 3 is 1.88 bits per heavy atom. The predicted molar refractivity (Wildman–Crippen MR) is 209 cm³/mol. The van der Waals surface area contributed by atoms with Gasteiger partial charge in [0, 0.05) is 54.6 Å². The zero-order chi connectivity index (χ0) is 32.3. The average Bonchev–Trinajstić information content (AvgIpc) is 3.74. The van der Waals surface area contributed by atoms with E-state index < -0.39 is 0 Å². The normalized spacial score (nSPS) is 13.0. The molecule has 0 saturated carbocycles. The molecule has 10 rings (SSSR count). The molecule has 2 nitrogen and oxygen atoms in total. The Labute approximate surface area is 289 Å². The van der Waals surface area contributed by atoms with Gasteiger partial charge in [-0.1, -0.05) is 97.1 Å². The Balaban J connectivity index is 1.11. The van der Waals surface area contributed by atoms with Crippen molar-refractivity contribution in [3.63, 3.8) is 0 Å². The van der Waals surface area contributed by atoms with Crippen molar-refractivity contribution in [3.8, 4) is 22.3 Å². The van der Waals surface area contributed by atoms with Gasteiger partial charge in [0.15, 0.2) is 0 Å². The first-order chi connectivity index (χ1) is 24.3. The van der Waals surface area contributed by atoms with Gasteiger partial charge in [-0.3, -0.25) is 0 Å². The van der Waals surface area contributed by atoms with Crippen LogP contribution in [0.25, 0.3) is 64.2 Å². The first-order valence-electron chi connectivity index (χ1n) is 17.2. The summed E-state index contributed by atoms with van der Waals surface area (Å²) >= 11 is 1.86. The predicted octanol–water partition coefficient (Wildman–Crippen LogP) is 13.6. The maximum absolute atomic E-state index is 6.53. The minimum atomic E-state index is 1.01. The number of furan rings is 1. The van der Waals surface area contributed by atoms with Gasteiger partial charge < -0.3 is 9.32 Å². The molecule has 234 valence electrons. The van der Waals surface area contributed by atoms with E-state index in [0.29, 0.717) is 0 Å². The van der Waals surface area contributed by atoms with Crippen LogP contribution in [0.3, 0.4) is 0 Å². The highest BCUT2D eigenvalue weighted by atomic mass is 32.1. The summed E-state index contributed by atoms with van der Waals surface area (Å²) < 4.78 is 9.16. The number of thiophene rings is 1. The van der Waals surface area contributed by atoms with Crippen LogP contribution in [0, 0.1) is 0 Å². The van der Waals surface area contributed by atoms with Gasteiger partial charge >= 0.3 is 0 Å². The molecule has 0 bridgehead atoms. The van der Waals surface area contributed by atoms with E-state index in [1.807, 2.05) is 11.3 Å². The maximum Gasteiger partial charge on any atom is 0.135 e. The molecule has 0 aliphatic heterocycles. The zero-order valence-corrected chi connectivity index (χ0v) is 27.8. The lowest BCUT2D eigenvalue weighted by atomic mass is 9.90. The molecule has 49 heavy (non-hydrogen) atoms. The Morgan fingerprint density at radius 2 is 1.08 bits per heavy atom. The molecule has 0 amide bonds. The number of fused-ring (bicyclic) bond motifs is 8. The fourth-order valence-corrected chi connectivity index (χ4v) is 8.98. The van der Waals surface area contributed by atoms with Gasteiger partial charge in [-0.2, -0.15) is 0 Å². The maximum atomic E-state index is 6.53. The number of benzene rings is 7. The second-order valence-electron chi connectivity index (χ2n) is 13.1. The lowest BCUT2D eigenvalue weighted by Crippen LogP contribution is -2.09. The number of anilines is 3. The number of nitrogens with zero attached hydrogens (tertiary/aromatic N) is 1. The quantitative estimate of drug-likeness (QED) is 0.185. The zero-order valence-electron chi connectivity index (χ0n) is 27.0. The lowest BCUT2D eigenvalue weighted by Gasteiger charge is -2.26. The number of rotatable bonds is 5. The van der Waals surface area contributed by atoms with Crippen molar-refractivity contribution >= 4 is 70.3 Å². The van der Waals surface area contributed by atoms with Crippen LogP contribution in [0.2, 0.25) is 0 Å². The fraction of sp³-hybridized carbons (Fsp3) is 0.0870. The summed E-state index contributed by atoms with van der Waals surface area (Å²) in [6, 6.07) is 55.4. The van der Waals surface area contributed by atoms with Gasteiger partial charge in [0.2, 0.25) is 0 Å². The van der Waals surface area contributed by atoms with E-state index in [-0.39, 0.29) is 0 Å². The van der Waals surface area contributed by atoms with E-state index in [1.54, 1.807) is 0 Å². The van der Waals surface area contributed by atoms with E-state index >= 15 is 0 Å². The summed E-state index contributed by atoms with van der Waals surface area (Å²) in [4.78, 5) is 2.38. The second kappa shape index (κ2) is 11.5. The Kier molecular flexibility index (Phi) is 6.66. The third-order valence-electron chi connectivity index (χ3n) is 10.2. The number of hydrogen-bond acceptors (Lipinski definition) is 3. The topological polar surface area (TPSA) is 16.4 Å². The molecule has 3 heteroatoms. The number of aryl methyl sites for hydroxylation is 2. The van der Waals surface area contributed by atoms with Gasteiger partial charge in [-0.25, -0.2) is 0 Å². The van der Waals surface area contributed by atoms with Crippen LogP contribution in [-0.2, 0) is 12.8 Å². The minimum absolute atomic E-state index is 1.01. The highest BCUT2D eigenvalue weighted by Crippen LogP contribution is 2.44. The van der Waals surface area contributed by atoms with Crippen LogP contribution in [0.1, 0.15) is 24.2 Å². The Morgan fingerprint density at radius 1 is 0.469 bits per heavy atom. The monoisotopic (exact) mass is 647 g/mol. The molecule has 2 aromatic heterocycles. The molecule has 0 radical (unpaired) electrons.